The Bertz CT molecular complexity index is 747. The van der Waals surface area contributed by atoms with Crippen molar-refractivity contribution in [1.29, 1.82) is 0 Å². The molecule has 0 unspecified atom stereocenters. The fourth-order valence-corrected chi connectivity index (χ4v) is 2.41. The summed E-state index contributed by atoms with van der Waals surface area (Å²) in [5.41, 5.74) is -1.22. The number of fused-ring (bicyclic) bond motifs is 1. The van der Waals surface area contributed by atoms with Gasteiger partial charge in [-0.3, -0.25) is 0 Å². The lowest BCUT2D eigenvalue weighted by molar-refractivity contribution is 0.0685. The van der Waals surface area contributed by atoms with E-state index in [1.165, 1.54) is 19.9 Å². The van der Waals surface area contributed by atoms with Gasteiger partial charge in [0.1, 0.15) is 5.67 Å². The zero-order valence-corrected chi connectivity index (χ0v) is 12.8. The van der Waals surface area contributed by atoms with Crippen LogP contribution < -0.4 is 9.47 Å². The second-order valence-electron chi connectivity index (χ2n) is 5.75. The number of carbonyl (C=O) groups is 1. The first-order valence-electron chi connectivity index (χ1n) is 7.19. The smallest absolute Gasteiger partial charge is 0.358 e. The van der Waals surface area contributed by atoms with E-state index in [2.05, 4.69) is 5.16 Å². The van der Waals surface area contributed by atoms with Crippen LogP contribution in [0.5, 0.6) is 11.5 Å². The van der Waals surface area contributed by atoms with Crippen molar-refractivity contribution in [1.82, 2.24) is 5.16 Å². The highest BCUT2D eigenvalue weighted by molar-refractivity contribution is 5.86. The standard InChI is InChI=1S/C16H16FNO5/c1-16(2,17)10-7-14-13(21-4-3-5-22-14)6-9(10)12-8-11(15(19)20)18-23-12/h6-8H,3-5H2,1-2H3,(H,19,20). The number of carboxylic acids is 1. The molecule has 1 aromatic carbocycles. The molecule has 0 bridgehead atoms. The van der Waals surface area contributed by atoms with E-state index in [9.17, 15) is 9.18 Å². The molecule has 0 radical (unpaired) electrons. The van der Waals surface area contributed by atoms with Crippen molar-refractivity contribution in [2.75, 3.05) is 13.2 Å². The van der Waals surface area contributed by atoms with E-state index >= 15 is 0 Å². The lowest BCUT2D eigenvalue weighted by Gasteiger charge is -2.20. The molecule has 1 aliphatic heterocycles. The zero-order chi connectivity index (χ0) is 16.6. The summed E-state index contributed by atoms with van der Waals surface area (Å²) in [6.07, 6.45) is 0.726. The molecule has 2 aromatic rings. The molecule has 122 valence electrons. The molecule has 0 aliphatic carbocycles. The Morgan fingerprint density at radius 3 is 2.43 bits per heavy atom. The summed E-state index contributed by atoms with van der Waals surface area (Å²) >= 11 is 0. The number of benzene rings is 1. The Morgan fingerprint density at radius 1 is 1.22 bits per heavy atom. The molecule has 7 heteroatoms. The third-order valence-electron chi connectivity index (χ3n) is 3.52. The summed E-state index contributed by atoms with van der Waals surface area (Å²) in [6.45, 7) is 3.79. The topological polar surface area (TPSA) is 81.8 Å². The Morgan fingerprint density at radius 2 is 1.87 bits per heavy atom. The molecule has 1 aromatic heterocycles. The van der Waals surface area contributed by atoms with Gasteiger partial charge in [0.05, 0.1) is 13.2 Å². The van der Waals surface area contributed by atoms with Crippen LogP contribution in [-0.4, -0.2) is 29.4 Å². The molecule has 1 N–H and O–H groups in total. The quantitative estimate of drug-likeness (QED) is 0.933. The van der Waals surface area contributed by atoms with Crippen molar-refractivity contribution >= 4 is 5.97 Å². The lowest BCUT2D eigenvalue weighted by Crippen LogP contribution is -2.11. The molecule has 0 fully saturated rings. The van der Waals surface area contributed by atoms with E-state index in [1.807, 2.05) is 0 Å². The normalized spacial score (nSPS) is 14.4. The second kappa shape index (κ2) is 5.57. The number of ether oxygens (including phenoxy) is 2. The van der Waals surface area contributed by atoms with Gasteiger partial charge in [-0.2, -0.15) is 0 Å². The molecule has 0 spiro atoms. The fraction of sp³-hybridized carbons (Fsp3) is 0.375. The monoisotopic (exact) mass is 321 g/mol. The van der Waals surface area contributed by atoms with Gasteiger partial charge in [0.25, 0.3) is 0 Å². The molecule has 23 heavy (non-hydrogen) atoms. The third kappa shape index (κ3) is 2.99. The van der Waals surface area contributed by atoms with E-state index in [-0.39, 0.29) is 11.5 Å². The molecule has 2 heterocycles. The van der Waals surface area contributed by atoms with Crippen LogP contribution in [0.15, 0.2) is 22.7 Å². The zero-order valence-electron chi connectivity index (χ0n) is 12.8. The fourth-order valence-electron chi connectivity index (χ4n) is 2.41. The first-order chi connectivity index (χ1) is 10.9. The van der Waals surface area contributed by atoms with Crippen LogP contribution in [0.3, 0.4) is 0 Å². The van der Waals surface area contributed by atoms with Gasteiger partial charge in [0.2, 0.25) is 0 Å². The minimum atomic E-state index is -1.68. The van der Waals surface area contributed by atoms with Gasteiger partial charge < -0.3 is 19.1 Å². The lowest BCUT2D eigenvalue weighted by atomic mass is 9.92. The maximum Gasteiger partial charge on any atom is 0.358 e. The van der Waals surface area contributed by atoms with Gasteiger partial charge in [-0.05, 0) is 26.0 Å². The van der Waals surface area contributed by atoms with Crippen molar-refractivity contribution in [3.63, 3.8) is 0 Å². The van der Waals surface area contributed by atoms with Crippen LogP contribution >= 0.6 is 0 Å². The summed E-state index contributed by atoms with van der Waals surface area (Å²) in [4.78, 5) is 11.0. The molecule has 0 atom stereocenters. The Labute approximate surface area is 131 Å². The maximum atomic E-state index is 14.6. The van der Waals surface area contributed by atoms with Crippen molar-refractivity contribution < 1.29 is 28.3 Å². The van der Waals surface area contributed by atoms with E-state index < -0.39 is 11.6 Å². The summed E-state index contributed by atoms with van der Waals surface area (Å²) in [6, 6.07) is 4.43. The van der Waals surface area contributed by atoms with E-state index in [1.54, 1.807) is 12.1 Å². The van der Waals surface area contributed by atoms with Gasteiger partial charge in [-0.1, -0.05) is 5.16 Å². The molecule has 0 amide bonds. The number of hydrogen-bond acceptors (Lipinski definition) is 5. The Hall–Kier alpha value is -2.57. The predicted octanol–water partition coefficient (Wildman–Crippen LogP) is 3.41. The Balaban J connectivity index is 2.16. The van der Waals surface area contributed by atoms with Crippen molar-refractivity contribution in [2.45, 2.75) is 25.9 Å². The van der Waals surface area contributed by atoms with Crippen LogP contribution in [-0.2, 0) is 5.67 Å². The molecular weight excluding hydrogens is 305 g/mol. The number of rotatable bonds is 3. The molecule has 6 nitrogen and oxygen atoms in total. The van der Waals surface area contributed by atoms with Crippen molar-refractivity contribution in [3.05, 3.63) is 29.5 Å². The van der Waals surface area contributed by atoms with Crippen LogP contribution in [0, 0.1) is 0 Å². The molecule has 0 saturated heterocycles. The van der Waals surface area contributed by atoms with Crippen LogP contribution in [0.25, 0.3) is 11.3 Å². The molecule has 3 rings (SSSR count). The van der Waals surface area contributed by atoms with Crippen LogP contribution in [0.4, 0.5) is 4.39 Å². The highest BCUT2D eigenvalue weighted by Gasteiger charge is 2.28. The van der Waals surface area contributed by atoms with Crippen LogP contribution in [0.1, 0.15) is 36.3 Å². The number of nitrogens with zero attached hydrogens (tertiary/aromatic N) is 1. The van der Waals surface area contributed by atoms with Crippen molar-refractivity contribution in [2.24, 2.45) is 0 Å². The SMILES string of the molecule is CC(C)(F)c1cc2c(cc1-c1cc(C(=O)O)no1)OCCCO2. The molecule has 1 aliphatic rings. The van der Waals surface area contributed by atoms with E-state index in [0.29, 0.717) is 35.8 Å². The number of aromatic carboxylic acids is 1. The number of carboxylic acid groups (broad SMARTS) is 1. The van der Waals surface area contributed by atoms with Gasteiger partial charge >= 0.3 is 5.97 Å². The average Bonchev–Trinajstić information content (AvgIpc) is 2.85. The van der Waals surface area contributed by atoms with E-state index in [4.69, 9.17) is 19.1 Å². The number of aromatic nitrogens is 1. The van der Waals surface area contributed by atoms with Gasteiger partial charge in [-0.25, -0.2) is 9.18 Å². The third-order valence-corrected chi connectivity index (χ3v) is 3.52. The summed E-state index contributed by atoms with van der Waals surface area (Å²) in [5, 5.41) is 12.4. The average molecular weight is 321 g/mol. The van der Waals surface area contributed by atoms with Crippen molar-refractivity contribution in [3.8, 4) is 22.8 Å². The molecular formula is C16H16FNO5. The highest BCUT2D eigenvalue weighted by Crippen LogP contribution is 2.42. The highest BCUT2D eigenvalue weighted by atomic mass is 19.1. The first-order valence-corrected chi connectivity index (χ1v) is 7.19. The largest absolute Gasteiger partial charge is 0.490 e. The number of alkyl halides is 1. The first kappa shape index (κ1) is 15.3. The van der Waals surface area contributed by atoms with Crippen LogP contribution in [0.2, 0.25) is 0 Å². The second-order valence-corrected chi connectivity index (χ2v) is 5.75. The molecule has 0 saturated carbocycles. The summed E-state index contributed by atoms with van der Waals surface area (Å²) < 4.78 is 30.9. The summed E-state index contributed by atoms with van der Waals surface area (Å²) in [5.74, 6) is -0.113. The van der Waals surface area contributed by atoms with Gasteiger partial charge in [-0.15, -0.1) is 0 Å². The predicted molar refractivity (Wildman–Crippen MR) is 78.6 cm³/mol. The van der Waals surface area contributed by atoms with E-state index in [0.717, 1.165) is 6.42 Å². The minimum Gasteiger partial charge on any atom is -0.490 e. The minimum absolute atomic E-state index is 0.166. The van der Waals surface area contributed by atoms with Gasteiger partial charge in [0, 0.05) is 23.6 Å². The Kier molecular flexibility index (Phi) is 3.71. The van der Waals surface area contributed by atoms with Gasteiger partial charge in [0.15, 0.2) is 23.0 Å². The number of halogens is 1. The number of hydrogen-bond donors (Lipinski definition) is 1. The summed E-state index contributed by atoms with van der Waals surface area (Å²) in [7, 11) is 0. The maximum absolute atomic E-state index is 14.6.